The van der Waals surface area contributed by atoms with Gasteiger partial charge in [0.1, 0.15) is 12.4 Å². The molecule has 0 aliphatic heterocycles. The minimum Gasteiger partial charge on any atom is -0.481 e. The molecule has 102 valence electrons. The maximum Gasteiger partial charge on any atom is 0.148 e. The third-order valence-electron chi connectivity index (χ3n) is 3.60. The fraction of sp³-hybridized carbons (Fsp3) is 0.500. The second kappa shape index (κ2) is 7.57. The van der Waals surface area contributed by atoms with Crippen LogP contribution in [0, 0.1) is 18.3 Å². The van der Waals surface area contributed by atoms with E-state index in [0.717, 1.165) is 34.8 Å². The molecule has 1 fully saturated rings. The molecule has 1 N–H and O–H groups in total. The highest BCUT2D eigenvalue weighted by atomic mass is 79.9. The Morgan fingerprint density at radius 3 is 2.95 bits per heavy atom. The zero-order valence-corrected chi connectivity index (χ0v) is 12.7. The molecule has 2 rings (SSSR count). The molecule has 1 aliphatic rings. The second-order valence-corrected chi connectivity index (χ2v) is 5.92. The van der Waals surface area contributed by atoms with Gasteiger partial charge in [0, 0.05) is 16.6 Å². The van der Waals surface area contributed by atoms with Crippen molar-refractivity contribution >= 4 is 15.9 Å². The number of rotatable bonds is 7. The minimum absolute atomic E-state index is 0.316. The van der Waals surface area contributed by atoms with Gasteiger partial charge in [0.05, 0.1) is 0 Å². The van der Waals surface area contributed by atoms with Crippen molar-refractivity contribution in [2.24, 2.45) is 5.92 Å². The van der Waals surface area contributed by atoms with Gasteiger partial charge in [-0.05, 0) is 37.1 Å². The molecule has 0 heterocycles. The first-order chi connectivity index (χ1) is 9.29. The van der Waals surface area contributed by atoms with Crippen LogP contribution >= 0.6 is 15.9 Å². The highest BCUT2D eigenvalue weighted by Gasteiger charge is 2.16. The summed E-state index contributed by atoms with van der Waals surface area (Å²) in [5.41, 5.74) is 1.15. The number of hydrogen-bond donors (Lipinski definition) is 1. The van der Waals surface area contributed by atoms with Gasteiger partial charge in [-0.15, -0.1) is 6.42 Å². The van der Waals surface area contributed by atoms with Gasteiger partial charge < -0.3 is 10.1 Å². The lowest BCUT2D eigenvalue weighted by atomic mass is 9.83. The molecule has 0 amide bonds. The van der Waals surface area contributed by atoms with Gasteiger partial charge in [-0.25, -0.2) is 0 Å². The van der Waals surface area contributed by atoms with Crippen LogP contribution in [-0.4, -0.2) is 13.2 Å². The average molecular weight is 322 g/mol. The van der Waals surface area contributed by atoms with E-state index in [-0.39, 0.29) is 0 Å². The monoisotopic (exact) mass is 321 g/mol. The zero-order valence-electron chi connectivity index (χ0n) is 11.1. The van der Waals surface area contributed by atoms with E-state index >= 15 is 0 Å². The molecule has 0 atom stereocenters. The van der Waals surface area contributed by atoms with Gasteiger partial charge in [-0.3, -0.25) is 0 Å². The Labute approximate surface area is 124 Å². The third kappa shape index (κ3) is 4.56. The Morgan fingerprint density at radius 2 is 2.26 bits per heavy atom. The molecule has 0 aromatic heterocycles. The van der Waals surface area contributed by atoms with Crippen LogP contribution in [0.15, 0.2) is 22.7 Å². The number of terminal acetylenes is 1. The van der Waals surface area contributed by atoms with Gasteiger partial charge in [0.15, 0.2) is 0 Å². The van der Waals surface area contributed by atoms with E-state index in [1.54, 1.807) is 0 Å². The van der Waals surface area contributed by atoms with Gasteiger partial charge >= 0.3 is 0 Å². The van der Waals surface area contributed by atoms with Crippen molar-refractivity contribution in [2.45, 2.75) is 32.2 Å². The van der Waals surface area contributed by atoms with Crippen molar-refractivity contribution in [3.63, 3.8) is 0 Å². The Hall–Kier alpha value is -0.980. The van der Waals surface area contributed by atoms with Crippen LogP contribution in [-0.2, 0) is 6.54 Å². The fourth-order valence-corrected chi connectivity index (χ4v) is 2.67. The summed E-state index contributed by atoms with van der Waals surface area (Å²) in [6, 6.07) is 6.02. The second-order valence-electron chi connectivity index (χ2n) is 5.01. The lowest BCUT2D eigenvalue weighted by Crippen LogP contribution is -2.21. The molecule has 0 unspecified atom stereocenters. The SMILES string of the molecule is C#CCOc1ccc(Br)cc1CNCCC1CCC1. The quantitative estimate of drug-likeness (QED) is 0.610. The molecule has 1 aromatic carbocycles. The lowest BCUT2D eigenvalue weighted by molar-refractivity contribution is 0.291. The predicted octanol–water partition coefficient (Wildman–Crippen LogP) is 3.74. The molecule has 0 spiro atoms. The van der Waals surface area contributed by atoms with Crippen LogP contribution in [0.1, 0.15) is 31.2 Å². The van der Waals surface area contributed by atoms with Crippen molar-refractivity contribution < 1.29 is 4.74 Å². The molecule has 3 heteroatoms. The normalized spacial score (nSPS) is 14.7. The van der Waals surface area contributed by atoms with E-state index in [0.29, 0.717) is 6.61 Å². The Balaban J connectivity index is 1.82. The number of benzene rings is 1. The number of ether oxygens (including phenoxy) is 1. The third-order valence-corrected chi connectivity index (χ3v) is 4.10. The van der Waals surface area contributed by atoms with Gasteiger partial charge in [0.2, 0.25) is 0 Å². The van der Waals surface area contributed by atoms with E-state index in [4.69, 9.17) is 11.2 Å². The van der Waals surface area contributed by atoms with Crippen molar-refractivity contribution in [2.75, 3.05) is 13.2 Å². The smallest absolute Gasteiger partial charge is 0.148 e. The van der Waals surface area contributed by atoms with Crippen LogP contribution < -0.4 is 10.1 Å². The standard InChI is InChI=1S/C16H20BrNO/c1-2-10-19-16-7-6-15(17)11-14(16)12-18-9-8-13-4-3-5-13/h1,6-7,11,13,18H,3-5,8-10,12H2. The molecule has 19 heavy (non-hydrogen) atoms. The van der Waals surface area contributed by atoms with E-state index in [1.165, 1.54) is 25.7 Å². The topological polar surface area (TPSA) is 21.3 Å². The van der Waals surface area contributed by atoms with Crippen molar-refractivity contribution in [1.29, 1.82) is 0 Å². The molecule has 1 aromatic rings. The maximum absolute atomic E-state index is 5.55. The summed E-state index contributed by atoms with van der Waals surface area (Å²) >= 11 is 3.49. The summed E-state index contributed by atoms with van der Waals surface area (Å²) in [6.07, 6.45) is 10.8. The molecular formula is C16H20BrNO. The maximum atomic E-state index is 5.55. The molecule has 2 nitrogen and oxygen atoms in total. The molecule has 1 saturated carbocycles. The highest BCUT2D eigenvalue weighted by molar-refractivity contribution is 9.10. The Bertz CT molecular complexity index is 449. The van der Waals surface area contributed by atoms with Gasteiger partial charge in [-0.1, -0.05) is 41.1 Å². The molecular weight excluding hydrogens is 302 g/mol. The Kier molecular flexibility index (Phi) is 5.75. The van der Waals surface area contributed by atoms with Gasteiger partial charge in [0.25, 0.3) is 0 Å². The van der Waals surface area contributed by atoms with Crippen LogP contribution in [0.3, 0.4) is 0 Å². The summed E-state index contributed by atoms with van der Waals surface area (Å²) in [4.78, 5) is 0. The summed E-state index contributed by atoms with van der Waals surface area (Å²) in [5, 5.41) is 3.49. The summed E-state index contributed by atoms with van der Waals surface area (Å²) < 4.78 is 6.62. The van der Waals surface area contributed by atoms with Crippen molar-refractivity contribution in [3.05, 3.63) is 28.2 Å². The molecule has 1 aliphatic carbocycles. The van der Waals surface area contributed by atoms with E-state index < -0.39 is 0 Å². The van der Waals surface area contributed by atoms with Crippen molar-refractivity contribution in [1.82, 2.24) is 5.32 Å². The highest BCUT2D eigenvalue weighted by Crippen LogP contribution is 2.29. The predicted molar refractivity (Wildman–Crippen MR) is 82.1 cm³/mol. The summed E-state index contributed by atoms with van der Waals surface area (Å²) in [7, 11) is 0. The fourth-order valence-electron chi connectivity index (χ4n) is 2.26. The van der Waals surface area contributed by atoms with E-state index in [1.807, 2.05) is 12.1 Å². The number of hydrogen-bond acceptors (Lipinski definition) is 2. The largest absolute Gasteiger partial charge is 0.481 e. The average Bonchev–Trinajstić information content (AvgIpc) is 2.35. The summed E-state index contributed by atoms with van der Waals surface area (Å²) in [5.74, 6) is 4.32. The van der Waals surface area contributed by atoms with E-state index in [2.05, 4.69) is 33.2 Å². The first kappa shape index (κ1) is 14.4. The van der Waals surface area contributed by atoms with Crippen LogP contribution in [0.25, 0.3) is 0 Å². The zero-order chi connectivity index (χ0) is 13.5. The van der Waals surface area contributed by atoms with E-state index in [9.17, 15) is 0 Å². The van der Waals surface area contributed by atoms with Crippen LogP contribution in [0.4, 0.5) is 0 Å². The first-order valence-electron chi connectivity index (χ1n) is 6.85. The van der Waals surface area contributed by atoms with Crippen molar-refractivity contribution in [3.8, 4) is 18.1 Å². The number of halogens is 1. The minimum atomic E-state index is 0.316. The number of nitrogens with one attached hydrogen (secondary N) is 1. The summed E-state index contributed by atoms with van der Waals surface area (Å²) in [6.45, 7) is 2.22. The lowest BCUT2D eigenvalue weighted by Gasteiger charge is -2.25. The van der Waals surface area contributed by atoms with Crippen LogP contribution in [0.5, 0.6) is 5.75 Å². The van der Waals surface area contributed by atoms with Gasteiger partial charge in [-0.2, -0.15) is 0 Å². The van der Waals surface area contributed by atoms with Crippen LogP contribution in [0.2, 0.25) is 0 Å². The molecule has 0 bridgehead atoms. The molecule has 0 radical (unpaired) electrons. The first-order valence-corrected chi connectivity index (χ1v) is 7.64. The Morgan fingerprint density at radius 1 is 1.42 bits per heavy atom. The molecule has 0 saturated heterocycles.